The monoisotopic (exact) mass is 201 g/mol. The Morgan fingerprint density at radius 1 is 1.50 bits per heavy atom. The van der Waals surface area contributed by atoms with Crippen LogP contribution in [0.25, 0.3) is 0 Å². The van der Waals surface area contributed by atoms with E-state index < -0.39 is 0 Å². The fraction of sp³-hybridized carbons (Fsp3) is 0.875. The van der Waals surface area contributed by atoms with Crippen molar-refractivity contribution in [3.05, 3.63) is 0 Å². The Morgan fingerprint density at radius 3 is 2.70 bits per heavy atom. The fourth-order valence-electron chi connectivity index (χ4n) is 1.45. The van der Waals surface area contributed by atoms with Crippen LogP contribution in [0.2, 0.25) is 0 Å². The summed E-state index contributed by atoms with van der Waals surface area (Å²) in [5.74, 6) is 0.900. The summed E-state index contributed by atoms with van der Waals surface area (Å²) in [4.78, 5) is 0.591. The molecular weight excluding hydrogens is 190 g/mol. The number of rotatable bonds is 0. The van der Waals surface area contributed by atoms with Gasteiger partial charge >= 0.3 is 0 Å². The lowest BCUT2D eigenvalue weighted by Crippen LogP contribution is -2.21. The molecule has 0 spiro atoms. The molecule has 0 aliphatic heterocycles. The third-order valence-electron chi connectivity index (χ3n) is 2.30. The van der Waals surface area contributed by atoms with Gasteiger partial charge in [-0.05, 0) is 25.2 Å². The molecule has 0 heterocycles. The first-order valence-electron chi connectivity index (χ1n) is 3.77. The summed E-state index contributed by atoms with van der Waals surface area (Å²) in [5.41, 5.74) is 0. The van der Waals surface area contributed by atoms with E-state index in [4.69, 9.17) is 5.26 Å². The van der Waals surface area contributed by atoms with Crippen molar-refractivity contribution in [3.63, 3.8) is 0 Å². The molecule has 1 aliphatic carbocycles. The van der Waals surface area contributed by atoms with Crippen LogP contribution in [0.5, 0.6) is 0 Å². The van der Waals surface area contributed by atoms with Gasteiger partial charge in [-0.2, -0.15) is 5.26 Å². The number of alkyl halides is 1. The summed E-state index contributed by atoms with van der Waals surface area (Å²) in [6, 6.07) is 2.35. The van der Waals surface area contributed by atoms with Crippen molar-refractivity contribution in [1.29, 1.82) is 5.26 Å². The van der Waals surface area contributed by atoms with Gasteiger partial charge in [-0.15, -0.1) is 0 Å². The number of hydrogen-bond acceptors (Lipinski definition) is 1. The summed E-state index contributed by atoms with van der Waals surface area (Å²) in [6.07, 6.45) is 3.48. The summed E-state index contributed by atoms with van der Waals surface area (Å²) in [7, 11) is 0. The van der Waals surface area contributed by atoms with E-state index in [1.54, 1.807) is 0 Å². The van der Waals surface area contributed by atoms with E-state index >= 15 is 0 Å². The van der Waals surface area contributed by atoms with Crippen LogP contribution in [0, 0.1) is 23.2 Å². The smallest absolute Gasteiger partial charge is 0.0659 e. The number of nitrogens with zero attached hydrogens (tertiary/aromatic N) is 1. The maximum atomic E-state index is 8.71. The molecular formula is C8H12BrN. The van der Waals surface area contributed by atoms with Crippen LogP contribution in [0.4, 0.5) is 0 Å². The van der Waals surface area contributed by atoms with Crippen molar-refractivity contribution in [3.8, 4) is 6.07 Å². The maximum absolute atomic E-state index is 8.71. The van der Waals surface area contributed by atoms with Crippen molar-refractivity contribution in [2.24, 2.45) is 11.8 Å². The van der Waals surface area contributed by atoms with Crippen LogP contribution in [0.1, 0.15) is 26.2 Å². The Balaban J connectivity index is 2.47. The average Bonchev–Trinajstić information content (AvgIpc) is 1.94. The van der Waals surface area contributed by atoms with Crippen molar-refractivity contribution in [2.75, 3.05) is 0 Å². The highest BCUT2D eigenvalue weighted by Crippen LogP contribution is 2.32. The molecule has 56 valence electrons. The van der Waals surface area contributed by atoms with Gasteiger partial charge in [-0.25, -0.2) is 0 Å². The molecule has 0 radical (unpaired) electrons. The zero-order valence-corrected chi connectivity index (χ0v) is 7.76. The van der Waals surface area contributed by atoms with E-state index in [2.05, 4.69) is 28.9 Å². The molecule has 10 heavy (non-hydrogen) atoms. The zero-order valence-electron chi connectivity index (χ0n) is 6.18. The second-order valence-corrected chi connectivity index (χ2v) is 4.42. The van der Waals surface area contributed by atoms with Crippen LogP contribution in [-0.2, 0) is 0 Å². The molecule has 1 nitrogen and oxygen atoms in total. The molecule has 0 amide bonds. The van der Waals surface area contributed by atoms with Crippen LogP contribution in [0.3, 0.4) is 0 Å². The number of halogens is 1. The first-order valence-corrected chi connectivity index (χ1v) is 4.69. The average molecular weight is 202 g/mol. The molecule has 1 aliphatic rings. The van der Waals surface area contributed by atoms with Gasteiger partial charge in [-0.1, -0.05) is 22.9 Å². The van der Waals surface area contributed by atoms with Crippen molar-refractivity contribution in [1.82, 2.24) is 0 Å². The van der Waals surface area contributed by atoms with Gasteiger partial charge in [0.2, 0.25) is 0 Å². The molecule has 2 heteroatoms. The van der Waals surface area contributed by atoms with Gasteiger partial charge in [0.25, 0.3) is 0 Å². The molecule has 0 aromatic rings. The van der Waals surface area contributed by atoms with Crippen LogP contribution in [-0.4, -0.2) is 4.83 Å². The predicted octanol–water partition coefficient (Wildman–Crippen LogP) is 2.71. The minimum absolute atomic E-state index is 0.290. The second-order valence-electron chi connectivity index (χ2n) is 3.12. The summed E-state index contributed by atoms with van der Waals surface area (Å²) < 4.78 is 0. The third kappa shape index (κ3) is 1.73. The molecule has 1 saturated carbocycles. The van der Waals surface area contributed by atoms with Gasteiger partial charge in [0.1, 0.15) is 0 Å². The topological polar surface area (TPSA) is 23.8 Å². The van der Waals surface area contributed by atoms with Gasteiger partial charge < -0.3 is 0 Å². The van der Waals surface area contributed by atoms with Crippen LogP contribution < -0.4 is 0 Å². The van der Waals surface area contributed by atoms with Gasteiger partial charge in [0.05, 0.1) is 6.07 Å². The molecule has 1 fully saturated rings. The van der Waals surface area contributed by atoms with Crippen molar-refractivity contribution < 1.29 is 0 Å². The van der Waals surface area contributed by atoms with Crippen LogP contribution >= 0.6 is 15.9 Å². The van der Waals surface area contributed by atoms with Crippen LogP contribution in [0.15, 0.2) is 0 Å². The second kappa shape index (κ2) is 3.39. The fourth-order valence-corrected chi connectivity index (χ4v) is 2.12. The lowest BCUT2D eigenvalue weighted by Gasteiger charge is -2.26. The standard InChI is InChI=1S/C8H12BrN/c1-6-2-3-8(9)4-7(6)5-10/h6-8H,2-4H2,1H3. The summed E-state index contributed by atoms with van der Waals surface area (Å²) in [5, 5.41) is 8.71. The third-order valence-corrected chi connectivity index (χ3v) is 3.13. The predicted molar refractivity (Wildman–Crippen MR) is 44.8 cm³/mol. The van der Waals surface area contributed by atoms with Crippen molar-refractivity contribution in [2.45, 2.75) is 31.0 Å². The lowest BCUT2D eigenvalue weighted by atomic mass is 9.81. The Bertz CT molecular complexity index is 150. The highest BCUT2D eigenvalue weighted by molar-refractivity contribution is 9.09. The van der Waals surface area contributed by atoms with Gasteiger partial charge in [0, 0.05) is 10.7 Å². The molecule has 0 saturated heterocycles. The normalized spacial score (nSPS) is 40.7. The van der Waals surface area contributed by atoms with E-state index in [-0.39, 0.29) is 5.92 Å². The first kappa shape index (κ1) is 8.07. The SMILES string of the molecule is CC1CCC(Br)CC1C#N. The van der Waals surface area contributed by atoms with Gasteiger partial charge in [-0.3, -0.25) is 0 Å². The Morgan fingerprint density at radius 2 is 2.20 bits per heavy atom. The minimum atomic E-state index is 0.290. The highest BCUT2D eigenvalue weighted by Gasteiger charge is 2.25. The quantitative estimate of drug-likeness (QED) is 0.554. The lowest BCUT2D eigenvalue weighted by molar-refractivity contribution is 0.323. The van der Waals surface area contributed by atoms with E-state index in [1.165, 1.54) is 12.8 Å². The van der Waals surface area contributed by atoms with E-state index in [1.807, 2.05) is 0 Å². The molecule has 0 N–H and O–H groups in total. The van der Waals surface area contributed by atoms with E-state index in [0.29, 0.717) is 10.7 Å². The first-order chi connectivity index (χ1) is 4.74. The summed E-state index contributed by atoms with van der Waals surface area (Å²) in [6.45, 7) is 2.17. The van der Waals surface area contributed by atoms with Crippen molar-refractivity contribution >= 4 is 15.9 Å². The molecule has 0 aromatic carbocycles. The Kier molecular flexibility index (Phi) is 2.73. The van der Waals surface area contributed by atoms with Gasteiger partial charge in [0.15, 0.2) is 0 Å². The molecule has 3 unspecified atom stereocenters. The number of nitriles is 1. The largest absolute Gasteiger partial charge is 0.198 e. The Labute approximate surface area is 70.5 Å². The highest BCUT2D eigenvalue weighted by atomic mass is 79.9. The zero-order chi connectivity index (χ0) is 7.56. The molecule has 1 rings (SSSR count). The summed E-state index contributed by atoms with van der Waals surface area (Å²) >= 11 is 3.55. The molecule has 3 atom stereocenters. The van der Waals surface area contributed by atoms with E-state index in [0.717, 1.165) is 6.42 Å². The Hall–Kier alpha value is -0.0300. The minimum Gasteiger partial charge on any atom is -0.198 e. The number of hydrogen-bond donors (Lipinski definition) is 0. The van der Waals surface area contributed by atoms with E-state index in [9.17, 15) is 0 Å². The molecule has 0 bridgehead atoms. The molecule has 0 aromatic heterocycles. The maximum Gasteiger partial charge on any atom is 0.0659 e.